The molecular formula is C26H27BrN4O. The number of hydrogen-bond donors (Lipinski definition) is 0. The second-order valence-corrected chi connectivity index (χ2v) is 9.85. The summed E-state index contributed by atoms with van der Waals surface area (Å²) in [6.07, 6.45) is 6.92. The zero-order chi connectivity index (χ0) is 22.1. The highest BCUT2D eigenvalue weighted by molar-refractivity contribution is 9.10. The van der Waals surface area contributed by atoms with Gasteiger partial charge in [0, 0.05) is 35.5 Å². The Hall–Kier alpha value is -2.57. The molecule has 2 aromatic carbocycles. The Morgan fingerprint density at radius 2 is 1.94 bits per heavy atom. The largest absolute Gasteiger partial charge is 0.378 e. The number of benzene rings is 2. The molecule has 0 amide bonds. The zero-order valence-corrected chi connectivity index (χ0v) is 20.0. The van der Waals surface area contributed by atoms with E-state index in [2.05, 4.69) is 77.2 Å². The molecule has 0 radical (unpaired) electrons. The van der Waals surface area contributed by atoms with Gasteiger partial charge >= 0.3 is 0 Å². The standard InChI is InChI=1S/C26H27BrN4O/c1-17(2)24-11-18(9-10-32-24)12-25-29-26(21-13-22(27)16-28-15-21)30-31(25)23-8-7-19-5-3-4-6-20(19)14-23/h3-8,13-18,24H,9-12H2,1-2H3. The molecule has 164 valence electrons. The Morgan fingerprint density at radius 1 is 1.09 bits per heavy atom. The molecule has 4 aromatic rings. The SMILES string of the molecule is CC(C)C1CC(Cc2nc(-c3cncc(Br)c3)nn2-c2ccc3ccccc3c2)CCO1. The minimum Gasteiger partial charge on any atom is -0.378 e. The van der Waals surface area contributed by atoms with Gasteiger partial charge in [0.25, 0.3) is 0 Å². The van der Waals surface area contributed by atoms with E-state index in [1.165, 1.54) is 10.8 Å². The molecule has 2 atom stereocenters. The molecular weight excluding hydrogens is 464 g/mol. The summed E-state index contributed by atoms with van der Waals surface area (Å²) in [5, 5.41) is 7.35. The second-order valence-electron chi connectivity index (χ2n) is 8.93. The quantitative estimate of drug-likeness (QED) is 0.332. The lowest BCUT2D eigenvalue weighted by Crippen LogP contribution is -2.31. The van der Waals surface area contributed by atoms with Gasteiger partial charge in [-0.3, -0.25) is 4.98 Å². The van der Waals surface area contributed by atoms with E-state index in [-0.39, 0.29) is 0 Å². The van der Waals surface area contributed by atoms with Crippen molar-refractivity contribution in [1.82, 2.24) is 19.7 Å². The predicted molar refractivity (Wildman–Crippen MR) is 131 cm³/mol. The van der Waals surface area contributed by atoms with Gasteiger partial charge in [0.1, 0.15) is 5.82 Å². The summed E-state index contributed by atoms with van der Waals surface area (Å²) in [6, 6.07) is 16.9. The number of fused-ring (bicyclic) bond motifs is 1. The molecule has 1 fully saturated rings. The van der Waals surface area contributed by atoms with Crippen molar-refractivity contribution in [3.8, 4) is 17.1 Å². The Kier molecular flexibility index (Phi) is 6.07. The predicted octanol–water partition coefficient (Wildman–Crippen LogP) is 6.24. The highest BCUT2D eigenvalue weighted by atomic mass is 79.9. The molecule has 0 saturated carbocycles. The van der Waals surface area contributed by atoms with Crippen molar-refractivity contribution in [3.05, 3.63) is 71.2 Å². The summed E-state index contributed by atoms with van der Waals surface area (Å²) in [4.78, 5) is 9.30. The van der Waals surface area contributed by atoms with Crippen LogP contribution in [0, 0.1) is 11.8 Å². The van der Waals surface area contributed by atoms with Crippen LogP contribution in [-0.2, 0) is 11.2 Å². The topological polar surface area (TPSA) is 52.8 Å². The Labute approximate surface area is 197 Å². The molecule has 5 rings (SSSR count). The van der Waals surface area contributed by atoms with Crippen LogP contribution in [-0.4, -0.2) is 32.5 Å². The van der Waals surface area contributed by atoms with Gasteiger partial charge in [0.15, 0.2) is 5.82 Å². The van der Waals surface area contributed by atoms with E-state index in [9.17, 15) is 0 Å². The van der Waals surface area contributed by atoms with E-state index >= 15 is 0 Å². The lowest BCUT2D eigenvalue weighted by molar-refractivity contribution is -0.0341. The highest BCUT2D eigenvalue weighted by Gasteiger charge is 2.27. The molecule has 0 N–H and O–H groups in total. The van der Waals surface area contributed by atoms with Gasteiger partial charge in [-0.05, 0) is 69.6 Å². The van der Waals surface area contributed by atoms with Gasteiger partial charge < -0.3 is 4.74 Å². The average molecular weight is 491 g/mol. The Morgan fingerprint density at radius 3 is 2.75 bits per heavy atom. The van der Waals surface area contributed by atoms with Gasteiger partial charge in [0.05, 0.1) is 11.8 Å². The lowest BCUT2D eigenvalue weighted by Gasteiger charge is -2.31. The van der Waals surface area contributed by atoms with Crippen LogP contribution < -0.4 is 0 Å². The molecule has 2 aromatic heterocycles. The van der Waals surface area contributed by atoms with Crippen molar-refractivity contribution >= 4 is 26.7 Å². The van der Waals surface area contributed by atoms with Crippen molar-refractivity contribution < 1.29 is 4.74 Å². The van der Waals surface area contributed by atoms with Crippen LogP contribution in [0.1, 0.15) is 32.5 Å². The fourth-order valence-corrected chi connectivity index (χ4v) is 4.82. The average Bonchev–Trinajstić information content (AvgIpc) is 3.22. The highest BCUT2D eigenvalue weighted by Crippen LogP contribution is 2.29. The zero-order valence-electron chi connectivity index (χ0n) is 18.4. The van der Waals surface area contributed by atoms with Crippen LogP contribution in [0.25, 0.3) is 27.8 Å². The third-order valence-electron chi connectivity index (χ3n) is 6.25. The van der Waals surface area contributed by atoms with Crippen molar-refractivity contribution in [2.45, 2.75) is 39.2 Å². The van der Waals surface area contributed by atoms with E-state index in [0.717, 1.165) is 47.4 Å². The fourth-order valence-electron chi connectivity index (χ4n) is 4.46. The maximum atomic E-state index is 6.00. The van der Waals surface area contributed by atoms with Crippen LogP contribution in [0.2, 0.25) is 0 Å². The van der Waals surface area contributed by atoms with Crippen LogP contribution in [0.3, 0.4) is 0 Å². The number of rotatable bonds is 5. The molecule has 0 spiro atoms. The number of halogens is 1. The van der Waals surface area contributed by atoms with Crippen LogP contribution in [0.5, 0.6) is 0 Å². The van der Waals surface area contributed by atoms with Crippen molar-refractivity contribution in [2.75, 3.05) is 6.61 Å². The van der Waals surface area contributed by atoms with Gasteiger partial charge in [-0.25, -0.2) is 9.67 Å². The molecule has 5 nitrogen and oxygen atoms in total. The van der Waals surface area contributed by atoms with Gasteiger partial charge in [-0.2, -0.15) is 0 Å². The second kappa shape index (κ2) is 9.12. The summed E-state index contributed by atoms with van der Waals surface area (Å²) in [6.45, 7) is 5.30. The van der Waals surface area contributed by atoms with Crippen molar-refractivity contribution in [2.24, 2.45) is 11.8 Å². The number of pyridine rings is 1. The van der Waals surface area contributed by atoms with E-state index in [1.54, 1.807) is 6.20 Å². The smallest absolute Gasteiger partial charge is 0.183 e. The Bertz CT molecular complexity index is 1240. The van der Waals surface area contributed by atoms with Gasteiger partial charge in [-0.15, -0.1) is 5.10 Å². The summed E-state index contributed by atoms with van der Waals surface area (Å²) < 4.78 is 8.94. The van der Waals surface area contributed by atoms with Gasteiger partial charge in [0.2, 0.25) is 0 Å². The first-order valence-electron chi connectivity index (χ1n) is 11.2. The molecule has 0 bridgehead atoms. The fraction of sp³-hybridized carbons (Fsp3) is 0.346. The third kappa shape index (κ3) is 4.48. The molecule has 0 aliphatic carbocycles. The summed E-state index contributed by atoms with van der Waals surface area (Å²) >= 11 is 3.52. The maximum absolute atomic E-state index is 6.00. The molecule has 2 unspecified atom stereocenters. The van der Waals surface area contributed by atoms with Crippen molar-refractivity contribution in [3.63, 3.8) is 0 Å². The number of nitrogens with zero attached hydrogens (tertiary/aromatic N) is 4. The first-order chi connectivity index (χ1) is 15.6. The number of hydrogen-bond acceptors (Lipinski definition) is 4. The molecule has 3 heterocycles. The van der Waals surface area contributed by atoms with E-state index in [4.69, 9.17) is 14.8 Å². The molecule has 1 aliphatic rings. The monoisotopic (exact) mass is 490 g/mol. The Balaban J connectivity index is 1.54. The number of aromatic nitrogens is 4. The van der Waals surface area contributed by atoms with Crippen LogP contribution in [0.4, 0.5) is 0 Å². The molecule has 6 heteroatoms. The first-order valence-corrected chi connectivity index (χ1v) is 12.0. The lowest BCUT2D eigenvalue weighted by atomic mass is 9.88. The summed E-state index contributed by atoms with van der Waals surface area (Å²) in [7, 11) is 0. The van der Waals surface area contributed by atoms with E-state index in [0.29, 0.717) is 23.8 Å². The number of ether oxygens (including phenoxy) is 1. The minimum atomic E-state index is 0.319. The normalized spacial score (nSPS) is 19.0. The summed E-state index contributed by atoms with van der Waals surface area (Å²) in [5.41, 5.74) is 1.94. The van der Waals surface area contributed by atoms with Crippen LogP contribution in [0.15, 0.2) is 65.4 Å². The molecule has 1 saturated heterocycles. The van der Waals surface area contributed by atoms with Crippen LogP contribution >= 0.6 is 15.9 Å². The van der Waals surface area contributed by atoms with E-state index in [1.807, 2.05) is 16.9 Å². The molecule has 32 heavy (non-hydrogen) atoms. The first kappa shape index (κ1) is 21.3. The van der Waals surface area contributed by atoms with Crippen molar-refractivity contribution in [1.29, 1.82) is 0 Å². The van der Waals surface area contributed by atoms with Gasteiger partial charge in [-0.1, -0.05) is 44.2 Å². The minimum absolute atomic E-state index is 0.319. The maximum Gasteiger partial charge on any atom is 0.183 e. The third-order valence-corrected chi connectivity index (χ3v) is 6.69. The summed E-state index contributed by atoms with van der Waals surface area (Å²) in [5.74, 6) is 2.76. The molecule has 1 aliphatic heterocycles. The van der Waals surface area contributed by atoms with E-state index < -0.39 is 0 Å².